The summed E-state index contributed by atoms with van der Waals surface area (Å²) in [6.07, 6.45) is 3.35. The van der Waals surface area contributed by atoms with Gasteiger partial charge >= 0.3 is 0 Å². The van der Waals surface area contributed by atoms with E-state index in [1.807, 2.05) is 19.9 Å². The molecule has 1 heterocycles. The zero-order valence-electron chi connectivity index (χ0n) is 9.73. The smallest absolute Gasteiger partial charge is 0.0859 e. The second-order valence-electron chi connectivity index (χ2n) is 3.09. The molecule has 0 aliphatic rings. The fraction of sp³-hybridized carbons (Fsp3) is 0.333. The SMILES string of the molecule is CC.Cc1ccc(-n2nccn2)cc1C. The predicted octanol–water partition coefficient (Wildman–Crippen LogP) is 2.91. The molecule has 2 aromatic rings. The maximum absolute atomic E-state index is 4.06. The number of hydrogen-bond acceptors (Lipinski definition) is 2. The first-order valence-electron chi connectivity index (χ1n) is 5.21. The third-order valence-corrected chi connectivity index (χ3v) is 2.14. The van der Waals surface area contributed by atoms with Gasteiger partial charge < -0.3 is 0 Å². The highest BCUT2D eigenvalue weighted by atomic mass is 15.5. The summed E-state index contributed by atoms with van der Waals surface area (Å²) in [5.41, 5.74) is 3.55. The Morgan fingerprint density at radius 1 is 0.933 bits per heavy atom. The summed E-state index contributed by atoms with van der Waals surface area (Å²) in [7, 11) is 0. The fourth-order valence-electron chi connectivity index (χ4n) is 1.20. The van der Waals surface area contributed by atoms with Crippen molar-refractivity contribution in [2.45, 2.75) is 27.7 Å². The first-order chi connectivity index (χ1) is 7.27. The lowest BCUT2D eigenvalue weighted by Crippen LogP contribution is -1.98. The average molecular weight is 203 g/mol. The molecule has 0 N–H and O–H groups in total. The van der Waals surface area contributed by atoms with E-state index in [1.165, 1.54) is 11.1 Å². The van der Waals surface area contributed by atoms with E-state index in [9.17, 15) is 0 Å². The van der Waals surface area contributed by atoms with Crippen molar-refractivity contribution < 1.29 is 0 Å². The van der Waals surface area contributed by atoms with Gasteiger partial charge in [-0.25, -0.2) is 0 Å². The van der Waals surface area contributed by atoms with Gasteiger partial charge in [-0.3, -0.25) is 0 Å². The first-order valence-corrected chi connectivity index (χ1v) is 5.21. The van der Waals surface area contributed by atoms with Gasteiger partial charge in [-0.2, -0.15) is 15.0 Å². The van der Waals surface area contributed by atoms with Crippen LogP contribution in [0.3, 0.4) is 0 Å². The summed E-state index contributed by atoms with van der Waals surface area (Å²) >= 11 is 0. The van der Waals surface area contributed by atoms with Crippen molar-refractivity contribution in [1.29, 1.82) is 0 Å². The highest BCUT2D eigenvalue weighted by Crippen LogP contribution is 2.11. The van der Waals surface area contributed by atoms with Crippen LogP contribution in [0.1, 0.15) is 25.0 Å². The molecule has 80 valence electrons. The zero-order valence-corrected chi connectivity index (χ0v) is 9.73. The Labute approximate surface area is 90.7 Å². The molecule has 0 radical (unpaired) electrons. The molecule has 2 rings (SSSR count). The molecular formula is C12H17N3. The zero-order chi connectivity index (χ0) is 11.3. The van der Waals surface area contributed by atoms with Crippen molar-refractivity contribution in [1.82, 2.24) is 15.0 Å². The van der Waals surface area contributed by atoms with Crippen molar-refractivity contribution in [2.24, 2.45) is 0 Å². The summed E-state index contributed by atoms with van der Waals surface area (Å²) < 4.78 is 0. The van der Waals surface area contributed by atoms with Crippen LogP contribution < -0.4 is 0 Å². The topological polar surface area (TPSA) is 30.7 Å². The van der Waals surface area contributed by atoms with E-state index in [1.54, 1.807) is 17.2 Å². The Morgan fingerprint density at radius 3 is 2.07 bits per heavy atom. The third-order valence-electron chi connectivity index (χ3n) is 2.14. The molecule has 0 saturated heterocycles. The Morgan fingerprint density at radius 2 is 1.53 bits per heavy atom. The molecule has 0 saturated carbocycles. The highest BCUT2D eigenvalue weighted by Gasteiger charge is 1.98. The molecule has 0 amide bonds. The van der Waals surface area contributed by atoms with Crippen LogP contribution in [0.2, 0.25) is 0 Å². The molecular weight excluding hydrogens is 186 g/mol. The Kier molecular flexibility index (Phi) is 4.03. The van der Waals surface area contributed by atoms with E-state index in [-0.39, 0.29) is 0 Å². The van der Waals surface area contributed by atoms with E-state index in [2.05, 4.69) is 36.2 Å². The number of aryl methyl sites for hydroxylation is 2. The minimum absolute atomic E-state index is 1.01. The lowest BCUT2D eigenvalue weighted by Gasteiger charge is -2.03. The van der Waals surface area contributed by atoms with Gasteiger partial charge in [0.15, 0.2) is 0 Å². The molecule has 0 spiro atoms. The van der Waals surface area contributed by atoms with Gasteiger partial charge in [-0.05, 0) is 37.1 Å². The van der Waals surface area contributed by atoms with Crippen molar-refractivity contribution >= 4 is 0 Å². The van der Waals surface area contributed by atoms with Crippen LogP contribution in [0.4, 0.5) is 0 Å². The highest BCUT2D eigenvalue weighted by molar-refractivity contribution is 5.37. The molecule has 1 aromatic heterocycles. The molecule has 0 fully saturated rings. The quantitative estimate of drug-likeness (QED) is 0.713. The molecule has 0 aliphatic heterocycles. The summed E-state index contributed by atoms with van der Waals surface area (Å²) in [5.74, 6) is 0. The first kappa shape index (κ1) is 11.4. The Hall–Kier alpha value is -1.64. The number of hydrogen-bond donors (Lipinski definition) is 0. The van der Waals surface area contributed by atoms with Gasteiger partial charge in [0, 0.05) is 0 Å². The summed E-state index contributed by atoms with van der Waals surface area (Å²) in [4.78, 5) is 1.62. The van der Waals surface area contributed by atoms with Gasteiger partial charge in [-0.1, -0.05) is 19.9 Å². The molecule has 0 aliphatic carbocycles. The molecule has 15 heavy (non-hydrogen) atoms. The van der Waals surface area contributed by atoms with E-state index in [0.29, 0.717) is 0 Å². The molecule has 0 bridgehead atoms. The number of rotatable bonds is 1. The summed E-state index contributed by atoms with van der Waals surface area (Å²) in [6, 6.07) is 6.17. The second kappa shape index (κ2) is 5.29. The minimum atomic E-state index is 1.01. The normalized spacial score (nSPS) is 9.33. The Balaban J connectivity index is 0.000000531. The van der Waals surface area contributed by atoms with Crippen LogP contribution in [-0.2, 0) is 0 Å². The molecule has 3 heteroatoms. The van der Waals surface area contributed by atoms with Crippen molar-refractivity contribution in [2.75, 3.05) is 0 Å². The minimum Gasteiger partial charge on any atom is -0.157 e. The molecule has 0 unspecified atom stereocenters. The van der Waals surface area contributed by atoms with Crippen LogP contribution >= 0.6 is 0 Å². The van der Waals surface area contributed by atoms with Gasteiger partial charge in [0.1, 0.15) is 0 Å². The molecule has 3 nitrogen and oxygen atoms in total. The fourth-order valence-corrected chi connectivity index (χ4v) is 1.20. The van der Waals surface area contributed by atoms with Crippen molar-refractivity contribution in [3.63, 3.8) is 0 Å². The number of aromatic nitrogens is 3. The van der Waals surface area contributed by atoms with Crippen molar-refractivity contribution in [3.8, 4) is 5.69 Å². The van der Waals surface area contributed by atoms with E-state index in [4.69, 9.17) is 0 Å². The lowest BCUT2D eigenvalue weighted by molar-refractivity contribution is 0.751. The van der Waals surface area contributed by atoms with Crippen LogP contribution in [0, 0.1) is 13.8 Å². The van der Waals surface area contributed by atoms with E-state index < -0.39 is 0 Å². The largest absolute Gasteiger partial charge is 0.157 e. The Bertz CT molecular complexity index is 405. The van der Waals surface area contributed by atoms with Gasteiger partial charge in [-0.15, -0.1) is 0 Å². The van der Waals surface area contributed by atoms with Crippen LogP contribution in [0.5, 0.6) is 0 Å². The predicted molar refractivity (Wildman–Crippen MR) is 62.2 cm³/mol. The van der Waals surface area contributed by atoms with Crippen LogP contribution in [-0.4, -0.2) is 15.0 Å². The maximum atomic E-state index is 4.06. The van der Waals surface area contributed by atoms with Crippen LogP contribution in [0.15, 0.2) is 30.6 Å². The standard InChI is InChI=1S/C10H11N3.C2H6/c1-8-3-4-10(7-9(8)2)13-11-5-6-12-13;1-2/h3-7H,1-2H3;1-2H3. The van der Waals surface area contributed by atoms with E-state index in [0.717, 1.165) is 5.69 Å². The summed E-state index contributed by atoms with van der Waals surface area (Å²) in [5, 5.41) is 8.13. The maximum Gasteiger partial charge on any atom is 0.0859 e. The van der Waals surface area contributed by atoms with Crippen molar-refractivity contribution in [3.05, 3.63) is 41.7 Å². The van der Waals surface area contributed by atoms with Gasteiger partial charge in [0.05, 0.1) is 18.1 Å². The average Bonchev–Trinajstić information content (AvgIpc) is 2.78. The van der Waals surface area contributed by atoms with Gasteiger partial charge in [0.2, 0.25) is 0 Å². The molecule has 1 aromatic carbocycles. The summed E-state index contributed by atoms with van der Waals surface area (Å²) in [6.45, 7) is 8.18. The van der Waals surface area contributed by atoms with Crippen LogP contribution in [0.25, 0.3) is 5.69 Å². The van der Waals surface area contributed by atoms with Gasteiger partial charge in [0.25, 0.3) is 0 Å². The van der Waals surface area contributed by atoms with E-state index >= 15 is 0 Å². The third kappa shape index (κ3) is 2.65. The number of benzene rings is 1. The number of nitrogens with zero attached hydrogens (tertiary/aromatic N) is 3. The monoisotopic (exact) mass is 203 g/mol. The lowest BCUT2D eigenvalue weighted by atomic mass is 10.1. The molecule has 0 atom stereocenters. The second-order valence-corrected chi connectivity index (χ2v) is 3.09.